The molecule has 1 saturated heterocycles. The number of amides is 2. The van der Waals surface area contributed by atoms with Crippen molar-refractivity contribution in [1.29, 1.82) is 0 Å². The van der Waals surface area contributed by atoms with Crippen LogP contribution >= 0.6 is 0 Å². The second-order valence-corrected chi connectivity index (χ2v) is 15.3. The van der Waals surface area contributed by atoms with Crippen molar-refractivity contribution in [2.75, 3.05) is 18.0 Å². The van der Waals surface area contributed by atoms with Crippen LogP contribution in [-0.4, -0.2) is 62.0 Å². The summed E-state index contributed by atoms with van der Waals surface area (Å²) in [5.74, 6) is -0.709. The predicted molar refractivity (Wildman–Crippen MR) is 151 cm³/mol. The summed E-state index contributed by atoms with van der Waals surface area (Å²) < 4.78 is 109. The first-order valence-corrected chi connectivity index (χ1v) is 15.3. The number of sulfone groups is 1. The third-order valence-electron chi connectivity index (χ3n) is 7.66. The van der Waals surface area contributed by atoms with E-state index < -0.39 is 73.8 Å². The topological polar surface area (TPSA) is 93.2 Å². The molecule has 3 unspecified atom stereocenters. The Bertz CT molecular complexity index is 1560. The summed E-state index contributed by atoms with van der Waals surface area (Å²) in [6.45, 7) is 9.12. The Kier molecular flexibility index (Phi) is 8.06. The molecular weight excluding hydrogens is 611 g/mol. The van der Waals surface area contributed by atoms with Gasteiger partial charge in [0, 0.05) is 12.1 Å². The lowest BCUT2D eigenvalue weighted by Gasteiger charge is -2.46. The Morgan fingerprint density at radius 1 is 0.864 bits per heavy atom. The molecule has 2 aliphatic rings. The molecule has 4 rings (SSSR count). The lowest BCUT2D eigenvalue weighted by molar-refractivity contribution is -0.228. The van der Waals surface area contributed by atoms with E-state index in [0.717, 1.165) is 52.3 Å². The molecule has 44 heavy (non-hydrogen) atoms. The average molecular weight is 647 g/mol. The summed E-state index contributed by atoms with van der Waals surface area (Å²) in [6, 6.07) is 5.30. The van der Waals surface area contributed by atoms with E-state index in [0.29, 0.717) is 6.92 Å². The molecule has 2 aromatic rings. The van der Waals surface area contributed by atoms with Crippen LogP contribution in [0.3, 0.4) is 0 Å². The van der Waals surface area contributed by atoms with Gasteiger partial charge in [0.2, 0.25) is 5.67 Å². The van der Waals surface area contributed by atoms with E-state index in [1.807, 2.05) is 0 Å². The second kappa shape index (κ2) is 10.6. The van der Waals surface area contributed by atoms with Gasteiger partial charge in [-0.25, -0.2) is 26.8 Å². The molecule has 0 radical (unpaired) electrons. The maximum atomic E-state index is 15.2. The summed E-state index contributed by atoms with van der Waals surface area (Å²) >= 11 is 0. The predicted octanol–water partition coefficient (Wildman–Crippen LogP) is 7.01. The molecule has 0 aliphatic carbocycles. The van der Waals surface area contributed by atoms with Gasteiger partial charge in [0.1, 0.15) is 21.8 Å². The largest absolute Gasteiger partial charge is 0.444 e. The fourth-order valence-electron chi connectivity index (χ4n) is 5.57. The molecule has 0 N–H and O–H groups in total. The van der Waals surface area contributed by atoms with Crippen molar-refractivity contribution in [2.45, 2.75) is 93.6 Å². The summed E-state index contributed by atoms with van der Waals surface area (Å²) in [6.07, 6.45) is -7.52. The van der Waals surface area contributed by atoms with Crippen molar-refractivity contribution >= 4 is 27.7 Å². The lowest BCUT2D eigenvalue weighted by Crippen LogP contribution is -2.60. The molecule has 8 nitrogen and oxygen atoms in total. The summed E-state index contributed by atoms with van der Waals surface area (Å²) in [5, 5.41) is 0. The van der Waals surface area contributed by atoms with Crippen molar-refractivity contribution in [3.05, 3.63) is 59.4 Å². The van der Waals surface area contributed by atoms with E-state index in [-0.39, 0.29) is 29.1 Å². The van der Waals surface area contributed by atoms with Gasteiger partial charge in [-0.3, -0.25) is 4.90 Å². The first-order chi connectivity index (χ1) is 19.9. The molecule has 0 saturated carbocycles. The van der Waals surface area contributed by atoms with Crippen LogP contribution in [0.4, 0.5) is 37.2 Å². The second-order valence-electron chi connectivity index (χ2n) is 13.1. The van der Waals surface area contributed by atoms with Crippen molar-refractivity contribution in [3.63, 3.8) is 0 Å². The Balaban J connectivity index is 2.04. The van der Waals surface area contributed by atoms with Crippen LogP contribution in [-0.2, 0) is 29.7 Å². The van der Waals surface area contributed by atoms with Gasteiger partial charge in [0.05, 0.1) is 23.2 Å². The highest BCUT2D eigenvalue weighted by molar-refractivity contribution is 7.92. The van der Waals surface area contributed by atoms with Gasteiger partial charge in [-0.1, -0.05) is 12.1 Å². The highest BCUT2D eigenvalue weighted by atomic mass is 32.2. The highest BCUT2D eigenvalue weighted by Crippen LogP contribution is 2.55. The van der Waals surface area contributed by atoms with Crippen molar-refractivity contribution in [2.24, 2.45) is 0 Å². The molecule has 3 atom stereocenters. The maximum absolute atomic E-state index is 15.2. The van der Waals surface area contributed by atoms with E-state index >= 15 is 4.39 Å². The minimum Gasteiger partial charge on any atom is -0.444 e. The molecule has 2 aromatic carbocycles. The van der Waals surface area contributed by atoms with Crippen LogP contribution in [0.5, 0.6) is 0 Å². The van der Waals surface area contributed by atoms with E-state index in [1.54, 1.807) is 41.5 Å². The van der Waals surface area contributed by atoms with Gasteiger partial charge in [0.25, 0.3) is 0 Å². The Morgan fingerprint density at radius 3 is 1.93 bits per heavy atom. The fraction of sp³-hybridized carbons (Fsp3) is 0.533. The minimum absolute atomic E-state index is 0.142. The molecule has 14 heteroatoms. The number of alkyl halides is 4. The Labute approximate surface area is 253 Å². The number of fused-ring (bicyclic) bond motifs is 3. The van der Waals surface area contributed by atoms with Gasteiger partial charge in [-0.2, -0.15) is 13.2 Å². The van der Waals surface area contributed by atoms with E-state index in [4.69, 9.17) is 9.47 Å². The first-order valence-electron chi connectivity index (χ1n) is 13.8. The Hall–Kier alpha value is -3.42. The monoisotopic (exact) mass is 646 g/mol. The zero-order valence-electron chi connectivity index (χ0n) is 25.4. The van der Waals surface area contributed by atoms with Crippen molar-refractivity contribution < 1.29 is 49.4 Å². The molecule has 2 heterocycles. The number of benzene rings is 2. The van der Waals surface area contributed by atoms with Gasteiger partial charge >= 0.3 is 18.4 Å². The Morgan fingerprint density at radius 2 is 1.41 bits per heavy atom. The van der Waals surface area contributed by atoms with E-state index in [9.17, 15) is 35.6 Å². The maximum Gasteiger partial charge on any atom is 0.426 e. The number of likely N-dealkylation sites (tertiary alicyclic amines) is 1. The number of rotatable bonds is 3. The van der Waals surface area contributed by atoms with Gasteiger partial charge in [-0.15, -0.1) is 0 Å². The lowest BCUT2D eigenvalue weighted by atomic mass is 9.83. The van der Waals surface area contributed by atoms with E-state index in [1.165, 1.54) is 0 Å². The number of carbonyl (C=O) groups excluding carboxylic acids is 2. The zero-order chi connectivity index (χ0) is 33.3. The van der Waals surface area contributed by atoms with Crippen LogP contribution in [0, 0.1) is 5.82 Å². The van der Waals surface area contributed by atoms with Gasteiger partial charge < -0.3 is 14.4 Å². The molecular formula is C30H35F5N2O6S. The third-order valence-corrected chi connectivity index (χ3v) is 10.2. The smallest absolute Gasteiger partial charge is 0.426 e. The van der Waals surface area contributed by atoms with Crippen LogP contribution in [0.2, 0.25) is 0 Å². The highest BCUT2D eigenvalue weighted by Gasteiger charge is 2.64. The summed E-state index contributed by atoms with van der Waals surface area (Å²) in [4.78, 5) is 28.7. The van der Waals surface area contributed by atoms with E-state index in [2.05, 4.69) is 0 Å². The number of ether oxygens (including phenoxy) is 2. The quantitative estimate of drug-likeness (QED) is 0.263. The molecule has 0 spiro atoms. The number of carbonyl (C=O) groups is 2. The molecule has 0 bridgehead atoms. The van der Waals surface area contributed by atoms with Crippen molar-refractivity contribution in [3.8, 4) is 0 Å². The molecule has 0 aromatic heterocycles. The number of hydrogen-bond donors (Lipinski definition) is 0. The van der Waals surface area contributed by atoms with Crippen LogP contribution < -0.4 is 4.90 Å². The summed E-state index contributed by atoms with van der Waals surface area (Å²) in [5.41, 5.74) is -7.25. The minimum atomic E-state index is -5.34. The molecule has 242 valence electrons. The number of halogens is 5. The number of nitrogens with zero attached hydrogens (tertiary/aromatic N) is 2. The average Bonchev–Trinajstić information content (AvgIpc) is 3.27. The molecule has 1 fully saturated rings. The van der Waals surface area contributed by atoms with Gasteiger partial charge in [0.15, 0.2) is 9.84 Å². The number of hydrogen-bond acceptors (Lipinski definition) is 6. The van der Waals surface area contributed by atoms with Crippen molar-refractivity contribution in [1.82, 2.24) is 4.90 Å². The fourth-order valence-corrected chi connectivity index (χ4v) is 7.87. The van der Waals surface area contributed by atoms with Gasteiger partial charge in [-0.05, 0) is 90.8 Å². The third kappa shape index (κ3) is 5.72. The first kappa shape index (κ1) is 33.5. The standard InChI is InChI=1S/C30H35F5N2O6S/c1-26(2,3)42-24(38)36-15-14-29(44(40,41)20-11-9-19(31)10-12-20)21-13-8-18(28(7,32)30(33,34)35)16-22(21)37(17-23(29)36)25(39)43-27(4,5)6/h8-13,16,23H,14-15,17H2,1-7H3. The summed E-state index contributed by atoms with van der Waals surface area (Å²) in [7, 11) is -4.57. The molecule has 2 aliphatic heterocycles. The van der Waals surface area contributed by atoms with Crippen LogP contribution in [0.25, 0.3) is 0 Å². The molecule has 2 amide bonds. The number of anilines is 1. The normalized spacial score (nSPS) is 22.1. The zero-order valence-corrected chi connectivity index (χ0v) is 26.2. The van der Waals surface area contributed by atoms with Crippen LogP contribution in [0.1, 0.15) is 66.0 Å². The van der Waals surface area contributed by atoms with Crippen LogP contribution in [0.15, 0.2) is 47.4 Å². The SMILES string of the molecule is CC(C)(C)OC(=O)N1CC2N(C(=O)OC(C)(C)C)CCC2(S(=O)(=O)c2ccc(F)cc2)c2ccc(C(C)(F)C(F)(F)F)cc21.